The van der Waals surface area contributed by atoms with Crippen molar-refractivity contribution in [3.63, 3.8) is 0 Å². The number of carbonyl (C=O) groups excluding carboxylic acids is 2. The molecule has 0 bridgehead atoms. The predicted octanol–water partition coefficient (Wildman–Crippen LogP) is 2.89. The van der Waals surface area contributed by atoms with E-state index < -0.39 is 17.4 Å². The molecule has 0 aromatic heterocycles. The molecule has 1 rings (SSSR count). The topological polar surface area (TPSA) is 52.6 Å². The number of ether oxygens (including phenoxy) is 2. The zero-order chi connectivity index (χ0) is 15.3. The molecule has 0 amide bonds. The van der Waals surface area contributed by atoms with E-state index in [1.54, 1.807) is 20.8 Å². The summed E-state index contributed by atoms with van der Waals surface area (Å²) in [6.45, 7) is 5.37. The van der Waals surface area contributed by atoms with Gasteiger partial charge in [0.1, 0.15) is 11.4 Å². The zero-order valence-corrected chi connectivity index (χ0v) is 12.2. The zero-order valence-electron chi connectivity index (χ0n) is 12.2. The van der Waals surface area contributed by atoms with Crippen molar-refractivity contribution in [1.82, 2.24) is 0 Å². The normalized spacial score (nSPS) is 11.1. The standard InChI is InChI=1S/C15H19FO4/c1-15(2,3)20-13(17)8-6-10-5-7-12(16)11(9-10)14(18)19-4/h5,7,9H,6,8H2,1-4H3. The molecule has 0 radical (unpaired) electrons. The molecule has 0 spiro atoms. The number of methoxy groups -OCH3 is 1. The van der Waals surface area contributed by atoms with Crippen LogP contribution in [0.3, 0.4) is 0 Å². The minimum Gasteiger partial charge on any atom is -0.465 e. The molecule has 1 aromatic carbocycles. The van der Waals surface area contributed by atoms with Crippen molar-refractivity contribution in [1.29, 1.82) is 0 Å². The lowest BCUT2D eigenvalue weighted by atomic mass is 10.1. The fourth-order valence-corrected chi connectivity index (χ4v) is 1.63. The molecule has 20 heavy (non-hydrogen) atoms. The number of hydrogen-bond acceptors (Lipinski definition) is 4. The van der Waals surface area contributed by atoms with Gasteiger partial charge in [-0.1, -0.05) is 6.07 Å². The van der Waals surface area contributed by atoms with Crippen LogP contribution in [0.5, 0.6) is 0 Å². The Morgan fingerprint density at radius 1 is 1.25 bits per heavy atom. The second-order valence-corrected chi connectivity index (χ2v) is 5.39. The molecule has 0 saturated heterocycles. The maximum atomic E-state index is 13.4. The van der Waals surface area contributed by atoms with Gasteiger partial charge in [-0.3, -0.25) is 4.79 Å². The number of benzene rings is 1. The second-order valence-electron chi connectivity index (χ2n) is 5.39. The van der Waals surface area contributed by atoms with Crippen LogP contribution in [0, 0.1) is 5.82 Å². The lowest BCUT2D eigenvalue weighted by molar-refractivity contribution is -0.154. The van der Waals surface area contributed by atoms with E-state index in [2.05, 4.69) is 4.74 Å². The summed E-state index contributed by atoms with van der Waals surface area (Å²) in [6, 6.07) is 4.12. The van der Waals surface area contributed by atoms with Gasteiger partial charge in [-0.2, -0.15) is 0 Å². The molecule has 1 aromatic rings. The maximum Gasteiger partial charge on any atom is 0.340 e. The molecule has 110 valence electrons. The monoisotopic (exact) mass is 282 g/mol. The Labute approximate surface area is 117 Å². The van der Waals surface area contributed by atoms with Crippen LogP contribution in [0.2, 0.25) is 0 Å². The van der Waals surface area contributed by atoms with Crippen molar-refractivity contribution in [3.8, 4) is 0 Å². The fourth-order valence-electron chi connectivity index (χ4n) is 1.63. The number of hydrogen-bond donors (Lipinski definition) is 0. The van der Waals surface area contributed by atoms with Crippen LogP contribution in [0.15, 0.2) is 18.2 Å². The second kappa shape index (κ2) is 6.50. The van der Waals surface area contributed by atoms with Gasteiger partial charge in [0.25, 0.3) is 0 Å². The summed E-state index contributed by atoms with van der Waals surface area (Å²) in [6.07, 6.45) is 0.544. The van der Waals surface area contributed by atoms with Crippen LogP contribution in [-0.2, 0) is 20.7 Å². The molecule has 5 heteroatoms. The van der Waals surface area contributed by atoms with Crippen molar-refractivity contribution in [3.05, 3.63) is 35.1 Å². The first-order chi connectivity index (χ1) is 9.23. The van der Waals surface area contributed by atoms with Crippen LogP contribution in [0.4, 0.5) is 4.39 Å². The number of carbonyl (C=O) groups is 2. The summed E-state index contributed by atoms with van der Waals surface area (Å²) in [5.41, 5.74) is 0.0173. The Balaban J connectivity index is 2.70. The molecule has 0 aliphatic rings. The lowest BCUT2D eigenvalue weighted by Gasteiger charge is -2.19. The summed E-state index contributed by atoms with van der Waals surface area (Å²) < 4.78 is 23.1. The van der Waals surface area contributed by atoms with Gasteiger partial charge in [-0.05, 0) is 44.9 Å². The largest absolute Gasteiger partial charge is 0.465 e. The highest BCUT2D eigenvalue weighted by Gasteiger charge is 2.17. The molecule has 0 unspecified atom stereocenters. The van der Waals surface area contributed by atoms with Crippen molar-refractivity contribution in [2.45, 2.75) is 39.2 Å². The smallest absolute Gasteiger partial charge is 0.340 e. The molecule has 0 N–H and O–H groups in total. The third kappa shape index (κ3) is 4.99. The highest BCUT2D eigenvalue weighted by molar-refractivity contribution is 5.89. The Morgan fingerprint density at radius 3 is 2.45 bits per heavy atom. The molecule has 0 heterocycles. The van der Waals surface area contributed by atoms with Crippen molar-refractivity contribution in [2.75, 3.05) is 7.11 Å². The van der Waals surface area contributed by atoms with Gasteiger partial charge in [0.05, 0.1) is 12.7 Å². The summed E-state index contributed by atoms with van der Waals surface area (Å²) >= 11 is 0. The van der Waals surface area contributed by atoms with Gasteiger partial charge in [0.15, 0.2) is 0 Å². The van der Waals surface area contributed by atoms with Crippen molar-refractivity contribution < 1.29 is 23.5 Å². The Kier molecular flexibility index (Phi) is 5.25. The summed E-state index contributed by atoms with van der Waals surface area (Å²) in [4.78, 5) is 22.9. The maximum absolute atomic E-state index is 13.4. The van der Waals surface area contributed by atoms with E-state index in [1.165, 1.54) is 25.3 Å². The summed E-state index contributed by atoms with van der Waals surface area (Å²) in [5, 5.41) is 0. The highest BCUT2D eigenvalue weighted by atomic mass is 19.1. The van der Waals surface area contributed by atoms with Crippen LogP contribution in [0.1, 0.15) is 43.1 Å². The minimum absolute atomic E-state index is 0.130. The average molecular weight is 282 g/mol. The Morgan fingerprint density at radius 2 is 1.90 bits per heavy atom. The Bertz CT molecular complexity index is 503. The van der Waals surface area contributed by atoms with E-state index in [9.17, 15) is 14.0 Å². The van der Waals surface area contributed by atoms with Crippen LogP contribution >= 0.6 is 0 Å². The molecule has 0 atom stereocenters. The van der Waals surface area contributed by atoms with Crippen LogP contribution < -0.4 is 0 Å². The van der Waals surface area contributed by atoms with Crippen LogP contribution in [0.25, 0.3) is 0 Å². The van der Waals surface area contributed by atoms with E-state index >= 15 is 0 Å². The number of halogens is 1. The fraction of sp³-hybridized carbons (Fsp3) is 0.467. The van der Waals surface area contributed by atoms with Gasteiger partial charge in [-0.15, -0.1) is 0 Å². The van der Waals surface area contributed by atoms with Gasteiger partial charge in [-0.25, -0.2) is 9.18 Å². The SMILES string of the molecule is COC(=O)c1cc(CCC(=O)OC(C)(C)C)ccc1F. The Hall–Kier alpha value is -1.91. The third-order valence-electron chi connectivity index (χ3n) is 2.47. The van der Waals surface area contributed by atoms with Crippen molar-refractivity contribution in [2.24, 2.45) is 0 Å². The highest BCUT2D eigenvalue weighted by Crippen LogP contribution is 2.15. The van der Waals surface area contributed by atoms with Gasteiger partial charge < -0.3 is 9.47 Å². The van der Waals surface area contributed by atoms with E-state index in [1.807, 2.05) is 0 Å². The third-order valence-corrected chi connectivity index (χ3v) is 2.47. The minimum atomic E-state index is -0.735. The molecule has 0 aliphatic carbocycles. The molecule has 0 fully saturated rings. The average Bonchev–Trinajstić information content (AvgIpc) is 2.35. The van der Waals surface area contributed by atoms with Gasteiger partial charge >= 0.3 is 11.9 Å². The first kappa shape index (κ1) is 16.1. The predicted molar refractivity (Wildman–Crippen MR) is 71.9 cm³/mol. The molecule has 4 nitrogen and oxygen atoms in total. The molecular weight excluding hydrogens is 263 g/mol. The summed E-state index contributed by atoms with van der Waals surface area (Å²) in [5.74, 6) is -1.71. The lowest BCUT2D eigenvalue weighted by Crippen LogP contribution is -2.24. The van der Waals surface area contributed by atoms with Gasteiger partial charge in [0.2, 0.25) is 0 Å². The van der Waals surface area contributed by atoms with Crippen molar-refractivity contribution >= 4 is 11.9 Å². The first-order valence-electron chi connectivity index (χ1n) is 6.31. The van der Waals surface area contributed by atoms with E-state index in [0.717, 1.165) is 0 Å². The molecule has 0 aliphatic heterocycles. The van der Waals surface area contributed by atoms with Gasteiger partial charge in [0, 0.05) is 6.42 Å². The quantitative estimate of drug-likeness (QED) is 0.797. The molecule has 0 saturated carbocycles. The van der Waals surface area contributed by atoms with E-state index in [-0.39, 0.29) is 18.0 Å². The van der Waals surface area contributed by atoms with E-state index in [0.29, 0.717) is 12.0 Å². The number of aryl methyl sites for hydroxylation is 1. The van der Waals surface area contributed by atoms with Crippen LogP contribution in [-0.4, -0.2) is 24.6 Å². The number of esters is 2. The first-order valence-corrected chi connectivity index (χ1v) is 6.31. The number of rotatable bonds is 4. The summed E-state index contributed by atoms with van der Waals surface area (Å²) in [7, 11) is 1.19. The molecular formula is C15H19FO4. The van der Waals surface area contributed by atoms with E-state index in [4.69, 9.17) is 4.74 Å².